The van der Waals surface area contributed by atoms with Gasteiger partial charge in [0.1, 0.15) is 0 Å². The summed E-state index contributed by atoms with van der Waals surface area (Å²) in [5, 5.41) is 0. The van der Waals surface area contributed by atoms with Crippen molar-refractivity contribution in [3.8, 4) is 0 Å². The van der Waals surface area contributed by atoms with Crippen molar-refractivity contribution in [3.63, 3.8) is 0 Å². The fourth-order valence-corrected chi connectivity index (χ4v) is 4.88. The van der Waals surface area contributed by atoms with Gasteiger partial charge in [0.2, 0.25) is 0 Å². The van der Waals surface area contributed by atoms with Crippen LogP contribution in [0.1, 0.15) is 49.0 Å². The molecule has 0 aromatic heterocycles. The van der Waals surface area contributed by atoms with Gasteiger partial charge in [0.05, 0.1) is 0 Å². The van der Waals surface area contributed by atoms with Crippen LogP contribution < -0.4 is 0 Å². The standard InChI is InChI=1S/C22H30N2O3S/c1-3-17-23(18-4-2)28(26,27)24(22(25)21-15-9-6-10-16-21)19-11-14-20-12-7-5-8-13-20/h5-10,12-13,15-16H,3-4,11,14,17-19H2,1-2H3. The third-order valence-electron chi connectivity index (χ3n) is 4.47. The highest BCUT2D eigenvalue weighted by Crippen LogP contribution is 2.16. The van der Waals surface area contributed by atoms with Crippen LogP contribution in [0.3, 0.4) is 0 Å². The van der Waals surface area contributed by atoms with Gasteiger partial charge in [-0.25, -0.2) is 4.31 Å². The van der Waals surface area contributed by atoms with Crippen LogP contribution in [-0.4, -0.2) is 42.6 Å². The van der Waals surface area contributed by atoms with Crippen LogP contribution in [0, 0.1) is 0 Å². The molecule has 0 fully saturated rings. The lowest BCUT2D eigenvalue weighted by molar-refractivity contribution is 0.0852. The van der Waals surface area contributed by atoms with Gasteiger partial charge in [-0.15, -0.1) is 0 Å². The highest BCUT2D eigenvalue weighted by Gasteiger charge is 2.32. The van der Waals surface area contributed by atoms with Gasteiger partial charge in [-0.1, -0.05) is 62.4 Å². The van der Waals surface area contributed by atoms with E-state index in [1.165, 1.54) is 4.31 Å². The Morgan fingerprint density at radius 1 is 0.821 bits per heavy atom. The second-order valence-corrected chi connectivity index (χ2v) is 8.59. The molecule has 0 radical (unpaired) electrons. The molecule has 6 heteroatoms. The third-order valence-corrected chi connectivity index (χ3v) is 6.39. The van der Waals surface area contributed by atoms with Crippen LogP contribution >= 0.6 is 0 Å². The summed E-state index contributed by atoms with van der Waals surface area (Å²) < 4.78 is 29.1. The Morgan fingerprint density at radius 2 is 1.36 bits per heavy atom. The molecule has 0 N–H and O–H groups in total. The Labute approximate surface area is 169 Å². The predicted octanol–water partition coefficient (Wildman–Crippen LogP) is 4.13. The van der Waals surface area contributed by atoms with Crippen LogP contribution in [0.4, 0.5) is 0 Å². The normalized spacial score (nSPS) is 11.5. The van der Waals surface area contributed by atoms with E-state index in [1.54, 1.807) is 24.3 Å². The fraction of sp³-hybridized carbons (Fsp3) is 0.409. The lowest BCUT2D eigenvalue weighted by atomic mass is 10.1. The van der Waals surface area contributed by atoms with E-state index in [9.17, 15) is 13.2 Å². The Balaban J connectivity index is 2.25. The quantitative estimate of drug-likeness (QED) is 0.568. The SMILES string of the molecule is CCCN(CCC)S(=O)(=O)N(CCCc1ccccc1)C(=O)c1ccccc1. The van der Waals surface area contributed by atoms with Crippen molar-refractivity contribution in [3.05, 3.63) is 71.8 Å². The first-order valence-electron chi connectivity index (χ1n) is 9.91. The number of aryl methyl sites for hydroxylation is 1. The van der Waals surface area contributed by atoms with Crippen LogP contribution in [0.15, 0.2) is 60.7 Å². The fourth-order valence-electron chi connectivity index (χ4n) is 3.10. The van der Waals surface area contributed by atoms with E-state index in [-0.39, 0.29) is 6.54 Å². The van der Waals surface area contributed by atoms with E-state index in [2.05, 4.69) is 0 Å². The smallest absolute Gasteiger partial charge is 0.268 e. The van der Waals surface area contributed by atoms with Gasteiger partial charge in [-0.2, -0.15) is 12.7 Å². The minimum Gasteiger partial charge on any atom is -0.268 e. The van der Waals surface area contributed by atoms with Gasteiger partial charge >= 0.3 is 10.2 Å². The maximum atomic E-state index is 13.3. The van der Waals surface area contributed by atoms with Crippen molar-refractivity contribution in [2.24, 2.45) is 0 Å². The monoisotopic (exact) mass is 402 g/mol. The van der Waals surface area contributed by atoms with E-state index in [4.69, 9.17) is 0 Å². The summed E-state index contributed by atoms with van der Waals surface area (Å²) in [4.78, 5) is 13.1. The Kier molecular flexibility index (Phi) is 8.67. The number of carbonyl (C=O) groups is 1. The van der Waals surface area contributed by atoms with Crippen LogP contribution in [0.2, 0.25) is 0 Å². The maximum absolute atomic E-state index is 13.3. The van der Waals surface area contributed by atoms with Gasteiger partial charge in [-0.3, -0.25) is 4.79 Å². The zero-order valence-corrected chi connectivity index (χ0v) is 17.6. The van der Waals surface area contributed by atoms with Gasteiger partial charge < -0.3 is 0 Å². The summed E-state index contributed by atoms with van der Waals surface area (Å²) in [6.45, 7) is 4.86. The summed E-state index contributed by atoms with van der Waals surface area (Å²) >= 11 is 0. The summed E-state index contributed by atoms with van der Waals surface area (Å²) in [6.07, 6.45) is 2.71. The van der Waals surface area contributed by atoms with Gasteiger partial charge in [0.25, 0.3) is 5.91 Å². The highest BCUT2D eigenvalue weighted by molar-refractivity contribution is 7.87. The number of benzene rings is 2. The first kappa shape index (κ1) is 22.1. The Bertz CT molecular complexity index is 817. The van der Waals surface area contributed by atoms with Crippen molar-refractivity contribution in [2.75, 3.05) is 19.6 Å². The summed E-state index contributed by atoms with van der Waals surface area (Å²) in [5.41, 5.74) is 1.52. The third kappa shape index (κ3) is 5.91. The first-order valence-corrected chi connectivity index (χ1v) is 11.3. The molecular formula is C22H30N2O3S. The molecule has 1 amide bonds. The number of carbonyl (C=O) groups excluding carboxylic acids is 1. The van der Waals surface area contributed by atoms with Crippen molar-refractivity contribution >= 4 is 16.1 Å². The predicted molar refractivity (Wildman–Crippen MR) is 113 cm³/mol. The second-order valence-electron chi connectivity index (χ2n) is 6.74. The lowest BCUT2D eigenvalue weighted by Crippen LogP contribution is -2.47. The average molecular weight is 403 g/mol. The summed E-state index contributed by atoms with van der Waals surface area (Å²) in [5.74, 6) is -0.467. The molecule has 0 unspecified atom stereocenters. The molecule has 0 saturated carbocycles. The largest absolute Gasteiger partial charge is 0.306 e. The minimum atomic E-state index is -3.87. The van der Waals surface area contributed by atoms with E-state index >= 15 is 0 Å². The molecule has 0 bridgehead atoms. The Morgan fingerprint density at radius 3 is 1.89 bits per heavy atom. The molecule has 28 heavy (non-hydrogen) atoms. The zero-order chi connectivity index (χ0) is 20.4. The molecule has 2 aromatic rings. The van der Waals surface area contributed by atoms with Crippen molar-refractivity contribution in [1.82, 2.24) is 8.61 Å². The van der Waals surface area contributed by atoms with Crippen LogP contribution in [0.25, 0.3) is 0 Å². The molecule has 0 aliphatic rings. The number of hydrogen-bond donors (Lipinski definition) is 0. The molecular weight excluding hydrogens is 372 g/mol. The molecule has 0 spiro atoms. The topological polar surface area (TPSA) is 57.7 Å². The van der Waals surface area contributed by atoms with Gasteiger partial charge in [0.15, 0.2) is 0 Å². The summed E-state index contributed by atoms with van der Waals surface area (Å²) in [6, 6.07) is 18.5. The van der Waals surface area contributed by atoms with Gasteiger partial charge in [0, 0.05) is 25.2 Å². The number of amides is 1. The maximum Gasteiger partial charge on any atom is 0.306 e. The first-order chi connectivity index (χ1) is 13.5. The van der Waals surface area contributed by atoms with Crippen molar-refractivity contribution in [2.45, 2.75) is 39.5 Å². The zero-order valence-electron chi connectivity index (χ0n) is 16.8. The van der Waals surface area contributed by atoms with E-state index in [0.717, 1.165) is 16.3 Å². The van der Waals surface area contributed by atoms with Crippen molar-refractivity contribution < 1.29 is 13.2 Å². The van der Waals surface area contributed by atoms with Crippen LogP contribution in [0.5, 0.6) is 0 Å². The van der Waals surface area contributed by atoms with Crippen LogP contribution in [-0.2, 0) is 16.6 Å². The van der Waals surface area contributed by atoms with Gasteiger partial charge in [-0.05, 0) is 43.4 Å². The second kappa shape index (κ2) is 11.0. The minimum absolute atomic E-state index is 0.162. The molecule has 2 aromatic carbocycles. The van der Waals surface area contributed by atoms with Crippen molar-refractivity contribution in [1.29, 1.82) is 0 Å². The Hall–Kier alpha value is -2.18. The highest BCUT2D eigenvalue weighted by atomic mass is 32.2. The van der Waals surface area contributed by atoms with E-state index < -0.39 is 16.1 Å². The molecule has 152 valence electrons. The molecule has 0 heterocycles. The molecule has 0 aliphatic carbocycles. The number of rotatable bonds is 11. The molecule has 0 atom stereocenters. The van der Waals surface area contributed by atoms with E-state index in [0.29, 0.717) is 37.9 Å². The average Bonchev–Trinajstić information content (AvgIpc) is 2.72. The molecule has 0 aliphatic heterocycles. The lowest BCUT2D eigenvalue weighted by Gasteiger charge is -2.30. The molecule has 0 saturated heterocycles. The molecule has 2 rings (SSSR count). The molecule has 5 nitrogen and oxygen atoms in total. The van der Waals surface area contributed by atoms with E-state index in [1.807, 2.05) is 50.2 Å². The summed E-state index contributed by atoms with van der Waals surface area (Å²) in [7, 11) is -3.87. The number of hydrogen-bond acceptors (Lipinski definition) is 3. The number of nitrogens with zero attached hydrogens (tertiary/aromatic N) is 2.